The maximum Gasteiger partial charge on any atom is 0.241 e. The van der Waals surface area contributed by atoms with Crippen molar-refractivity contribution < 1.29 is 13.7 Å². The molecule has 1 aliphatic rings. The average molecular weight is 339 g/mol. The molecule has 0 atom stereocenters. The highest BCUT2D eigenvalue weighted by molar-refractivity contribution is 5.67. The second-order valence-electron chi connectivity index (χ2n) is 5.42. The highest BCUT2D eigenvalue weighted by Gasteiger charge is 2.17. The molecule has 8 heteroatoms. The van der Waals surface area contributed by atoms with E-state index < -0.39 is 5.82 Å². The topological polar surface area (TPSA) is 99.0 Å². The first-order chi connectivity index (χ1) is 12.2. The standard InChI is InChI=1S/C17H14FN5O2/c18-15-2-1-12(7-13(9-19)10-20)8-14(15)17-21-16(25-22-17)11-23-3-5-24-6-4-23/h1-2,7-8H,3-6,11H2. The minimum absolute atomic E-state index is 0.0707. The molecule has 3 rings (SSSR count). The van der Waals surface area contributed by atoms with E-state index in [0.717, 1.165) is 13.1 Å². The van der Waals surface area contributed by atoms with Crippen molar-refractivity contribution in [3.05, 3.63) is 41.0 Å². The monoisotopic (exact) mass is 339 g/mol. The van der Waals surface area contributed by atoms with Gasteiger partial charge < -0.3 is 9.26 Å². The Morgan fingerprint density at radius 2 is 2.04 bits per heavy atom. The van der Waals surface area contributed by atoms with Crippen LogP contribution >= 0.6 is 0 Å². The van der Waals surface area contributed by atoms with Crippen LogP contribution in [-0.2, 0) is 11.3 Å². The van der Waals surface area contributed by atoms with E-state index in [-0.39, 0.29) is 17.0 Å². The van der Waals surface area contributed by atoms with E-state index in [2.05, 4.69) is 15.0 Å². The van der Waals surface area contributed by atoms with Crippen LogP contribution in [-0.4, -0.2) is 41.3 Å². The molecule has 0 amide bonds. The van der Waals surface area contributed by atoms with Crippen molar-refractivity contribution in [1.29, 1.82) is 10.5 Å². The zero-order chi connectivity index (χ0) is 17.6. The second kappa shape index (κ2) is 7.67. The fourth-order valence-corrected chi connectivity index (χ4v) is 2.44. The number of morpholine rings is 1. The van der Waals surface area contributed by atoms with Gasteiger partial charge in [0.15, 0.2) is 0 Å². The first kappa shape index (κ1) is 16.8. The molecule has 2 heterocycles. The summed E-state index contributed by atoms with van der Waals surface area (Å²) in [6, 6.07) is 7.72. The molecule has 1 aromatic heterocycles. The summed E-state index contributed by atoms with van der Waals surface area (Å²) in [5.74, 6) is 0.0183. The van der Waals surface area contributed by atoms with E-state index in [1.165, 1.54) is 24.3 Å². The van der Waals surface area contributed by atoms with E-state index in [9.17, 15) is 4.39 Å². The van der Waals surface area contributed by atoms with Gasteiger partial charge in [-0.15, -0.1) is 0 Å². The molecule has 1 aromatic carbocycles. The van der Waals surface area contributed by atoms with Gasteiger partial charge in [-0.25, -0.2) is 4.39 Å². The van der Waals surface area contributed by atoms with Gasteiger partial charge in [-0.2, -0.15) is 15.5 Å². The molecule has 0 spiro atoms. The quantitative estimate of drug-likeness (QED) is 0.787. The highest BCUT2D eigenvalue weighted by atomic mass is 19.1. The normalized spacial score (nSPS) is 14.5. The van der Waals surface area contributed by atoms with Crippen molar-refractivity contribution in [2.45, 2.75) is 6.54 Å². The Morgan fingerprint density at radius 3 is 2.76 bits per heavy atom. The fraction of sp³-hybridized carbons (Fsp3) is 0.294. The third-order valence-electron chi connectivity index (χ3n) is 3.71. The maximum absolute atomic E-state index is 14.1. The second-order valence-corrected chi connectivity index (χ2v) is 5.42. The lowest BCUT2D eigenvalue weighted by Crippen LogP contribution is -2.35. The maximum atomic E-state index is 14.1. The third-order valence-corrected chi connectivity index (χ3v) is 3.71. The van der Waals surface area contributed by atoms with Crippen LogP contribution in [0.25, 0.3) is 17.5 Å². The van der Waals surface area contributed by atoms with Gasteiger partial charge in [-0.3, -0.25) is 4.90 Å². The lowest BCUT2D eigenvalue weighted by molar-refractivity contribution is 0.0297. The number of nitrogens with zero attached hydrogens (tertiary/aromatic N) is 5. The van der Waals surface area contributed by atoms with E-state index in [4.69, 9.17) is 19.8 Å². The molecule has 0 bridgehead atoms. The van der Waals surface area contributed by atoms with Crippen LogP contribution in [0.3, 0.4) is 0 Å². The molecule has 1 aliphatic heterocycles. The molecule has 2 aromatic rings. The minimum Gasteiger partial charge on any atom is -0.379 e. The Morgan fingerprint density at radius 1 is 1.28 bits per heavy atom. The van der Waals surface area contributed by atoms with E-state index in [0.29, 0.717) is 31.2 Å². The molecule has 126 valence electrons. The van der Waals surface area contributed by atoms with Crippen LogP contribution in [0.1, 0.15) is 11.5 Å². The Hall–Kier alpha value is -3.07. The summed E-state index contributed by atoms with van der Waals surface area (Å²) in [6.45, 7) is 3.34. The van der Waals surface area contributed by atoms with Gasteiger partial charge >= 0.3 is 0 Å². The van der Waals surface area contributed by atoms with Crippen LogP contribution < -0.4 is 0 Å². The van der Waals surface area contributed by atoms with Crippen molar-refractivity contribution in [3.63, 3.8) is 0 Å². The lowest BCUT2D eigenvalue weighted by Gasteiger charge is -2.24. The zero-order valence-electron chi connectivity index (χ0n) is 13.3. The van der Waals surface area contributed by atoms with Crippen LogP contribution in [0.5, 0.6) is 0 Å². The molecule has 1 saturated heterocycles. The molecular formula is C17H14FN5O2. The van der Waals surface area contributed by atoms with E-state index in [1.807, 2.05) is 0 Å². The van der Waals surface area contributed by atoms with E-state index >= 15 is 0 Å². The Labute approximate surface area is 143 Å². The minimum atomic E-state index is -0.508. The molecule has 7 nitrogen and oxygen atoms in total. The summed E-state index contributed by atoms with van der Waals surface area (Å²) < 4.78 is 24.6. The summed E-state index contributed by atoms with van der Waals surface area (Å²) in [6.07, 6.45) is 1.37. The predicted molar refractivity (Wildman–Crippen MR) is 85.0 cm³/mol. The first-order valence-electron chi connectivity index (χ1n) is 7.64. The Balaban J connectivity index is 1.83. The summed E-state index contributed by atoms with van der Waals surface area (Å²) >= 11 is 0. The largest absolute Gasteiger partial charge is 0.379 e. The van der Waals surface area contributed by atoms with Gasteiger partial charge in [0.25, 0.3) is 0 Å². The summed E-state index contributed by atoms with van der Waals surface area (Å²) in [5, 5.41) is 21.5. The number of nitriles is 2. The zero-order valence-corrected chi connectivity index (χ0v) is 13.3. The van der Waals surface area contributed by atoms with Gasteiger partial charge in [0.05, 0.1) is 25.3 Å². The fourth-order valence-electron chi connectivity index (χ4n) is 2.44. The number of benzene rings is 1. The summed E-state index contributed by atoms with van der Waals surface area (Å²) in [4.78, 5) is 6.36. The molecule has 0 unspecified atom stereocenters. The van der Waals surface area contributed by atoms with Gasteiger partial charge in [0.1, 0.15) is 23.5 Å². The van der Waals surface area contributed by atoms with Crippen LogP contribution in [0.15, 0.2) is 28.3 Å². The number of aromatic nitrogens is 2. The molecule has 0 radical (unpaired) electrons. The molecular weight excluding hydrogens is 325 g/mol. The van der Waals surface area contributed by atoms with Crippen LogP contribution in [0.2, 0.25) is 0 Å². The van der Waals surface area contributed by atoms with Crippen molar-refractivity contribution in [3.8, 4) is 23.5 Å². The van der Waals surface area contributed by atoms with Gasteiger partial charge in [-0.05, 0) is 23.8 Å². The molecule has 0 aliphatic carbocycles. The summed E-state index contributed by atoms with van der Waals surface area (Å²) in [7, 11) is 0. The number of halogens is 1. The Kier molecular flexibility index (Phi) is 5.14. The highest BCUT2D eigenvalue weighted by Crippen LogP contribution is 2.23. The first-order valence-corrected chi connectivity index (χ1v) is 7.64. The van der Waals surface area contributed by atoms with Crippen molar-refractivity contribution in [2.24, 2.45) is 0 Å². The SMILES string of the molecule is N#CC(C#N)=Cc1ccc(F)c(-c2noc(CN3CCOCC3)n2)c1. The van der Waals surface area contributed by atoms with Crippen LogP contribution in [0.4, 0.5) is 4.39 Å². The van der Waals surface area contributed by atoms with Gasteiger partial charge in [0, 0.05) is 13.1 Å². The lowest BCUT2D eigenvalue weighted by atomic mass is 10.1. The number of ether oxygens (including phenoxy) is 1. The van der Waals surface area contributed by atoms with Gasteiger partial charge in [0.2, 0.25) is 11.7 Å². The predicted octanol–water partition coefficient (Wildman–Crippen LogP) is 2.14. The van der Waals surface area contributed by atoms with Crippen molar-refractivity contribution >= 4 is 6.08 Å². The summed E-state index contributed by atoms with van der Waals surface area (Å²) in [5.41, 5.74) is 0.591. The Bertz CT molecular complexity index is 856. The van der Waals surface area contributed by atoms with Crippen LogP contribution in [0, 0.1) is 28.5 Å². The number of hydrogen-bond acceptors (Lipinski definition) is 7. The number of rotatable bonds is 4. The molecule has 1 fully saturated rings. The van der Waals surface area contributed by atoms with Crippen molar-refractivity contribution in [2.75, 3.05) is 26.3 Å². The van der Waals surface area contributed by atoms with Crippen molar-refractivity contribution in [1.82, 2.24) is 15.0 Å². The number of hydrogen-bond donors (Lipinski definition) is 0. The van der Waals surface area contributed by atoms with Gasteiger partial charge in [-0.1, -0.05) is 11.2 Å². The third kappa shape index (κ3) is 4.07. The molecule has 25 heavy (non-hydrogen) atoms. The van der Waals surface area contributed by atoms with E-state index in [1.54, 1.807) is 12.1 Å². The molecule has 0 saturated carbocycles. The smallest absolute Gasteiger partial charge is 0.241 e. The molecule has 0 N–H and O–H groups in total. The number of allylic oxidation sites excluding steroid dienone is 1. The average Bonchev–Trinajstić information content (AvgIpc) is 3.10.